The van der Waals surface area contributed by atoms with Gasteiger partial charge in [0.05, 0.1) is 13.2 Å². The standard InChI is InChI=1S/C17H28N2O/c1-13-9-14(2)11-17(10-13)16(4)18-15(3)12-19-5-7-20-8-6-19/h9-11,15-16,18H,5-8,12H2,1-4H3. The van der Waals surface area contributed by atoms with E-state index >= 15 is 0 Å². The third-order valence-electron chi connectivity index (χ3n) is 3.91. The highest BCUT2D eigenvalue weighted by molar-refractivity contribution is 5.30. The lowest BCUT2D eigenvalue weighted by atomic mass is 10.0. The number of benzene rings is 1. The topological polar surface area (TPSA) is 24.5 Å². The van der Waals surface area contributed by atoms with E-state index in [4.69, 9.17) is 4.74 Å². The predicted octanol–water partition coefficient (Wildman–Crippen LogP) is 2.67. The van der Waals surface area contributed by atoms with Gasteiger partial charge in [-0.2, -0.15) is 0 Å². The lowest BCUT2D eigenvalue weighted by Gasteiger charge is -2.30. The van der Waals surface area contributed by atoms with Crippen LogP contribution >= 0.6 is 0 Å². The van der Waals surface area contributed by atoms with E-state index in [1.54, 1.807) is 0 Å². The second-order valence-corrected chi connectivity index (χ2v) is 6.12. The molecule has 2 rings (SSSR count). The van der Waals surface area contributed by atoms with Crippen molar-refractivity contribution in [2.24, 2.45) is 0 Å². The Hall–Kier alpha value is -0.900. The molecule has 1 heterocycles. The van der Waals surface area contributed by atoms with Crippen molar-refractivity contribution < 1.29 is 4.74 Å². The van der Waals surface area contributed by atoms with Crippen LogP contribution in [0.1, 0.15) is 36.6 Å². The highest BCUT2D eigenvalue weighted by Gasteiger charge is 2.15. The van der Waals surface area contributed by atoms with Crippen LogP contribution in [0.3, 0.4) is 0 Å². The maximum absolute atomic E-state index is 5.40. The Morgan fingerprint density at radius 3 is 2.30 bits per heavy atom. The number of morpholine rings is 1. The number of nitrogens with zero attached hydrogens (tertiary/aromatic N) is 1. The van der Waals surface area contributed by atoms with Crippen LogP contribution in [0.4, 0.5) is 0 Å². The van der Waals surface area contributed by atoms with Gasteiger partial charge in [-0.25, -0.2) is 0 Å². The second kappa shape index (κ2) is 7.21. The molecule has 20 heavy (non-hydrogen) atoms. The summed E-state index contributed by atoms with van der Waals surface area (Å²) in [5.74, 6) is 0. The van der Waals surface area contributed by atoms with E-state index < -0.39 is 0 Å². The molecular weight excluding hydrogens is 248 g/mol. The zero-order chi connectivity index (χ0) is 14.5. The predicted molar refractivity (Wildman–Crippen MR) is 84.2 cm³/mol. The van der Waals surface area contributed by atoms with Crippen LogP contribution in [0.5, 0.6) is 0 Å². The van der Waals surface area contributed by atoms with Crippen molar-refractivity contribution in [1.29, 1.82) is 0 Å². The van der Waals surface area contributed by atoms with Crippen molar-refractivity contribution in [3.63, 3.8) is 0 Å². The summed E-state index contributed by atoms with van der Waals surface area (Å²) in [5, 5.41) is 3.72. The van der Waals surface area contributed by atoms with Gasteiger partial charge < -0.3 is 10.1 Å². The molecule has 3 nitrogen and oxygen atoms in total. The van der Waals surface area contributed by atoms with E-state index in [1.165, 1.54) is 16.7 Å². The zero-order valence-corrected chi connectivity index (χ0v) is 13.3. The number of ether oxygens (including phenoxy) is 1. The largest absolute Gasteiger partial charge is 0.379 e. The van der Waals surface area contributed by atoms with Crippen LogP contribution in [0.15, 0.2) is 18.2 Å². The fourth-order valence-electron chi connectivity index (χ4n) is 3.01. The third kappa shape index (κ3) is 4.58. The summed E-state index contributed by atoms with van der Waals surface area (Å²) in [6.45, 7) is 13.8. The molecule has 0 bridgehead atoms. The average molecular weight is 276 g/mol. The lowest BCUT2D eigenvalue weighted by Crippen LogP contribution is -2.45. The van der Waals surface area contributed by atoms with Crippen LogP contribution < -0.4 is 5.32 Å². The van der Waals surface area contributed by atoms with Gasteiger partial charge in [-0.15, -0.1) is 0 Å². The van der Waals surface area contributed by atoms with Crippen molar-refractivity contribution >= 4 is 0 Å². The second-order valence-electron chi connectivity index (χ2n) is 6.12. The molecule has 112 valence electrons. The molecule has 0 aromatic heterocycles. The molecule has 0 amide bonds. The molecule has 2 unspecified atom stereocenters. The summed E-state index contributed by atoms with van der Waals surface area (Å²) in [5.41, 5.74) is 4.07. The van der Waals surface area contributed by atoms with Crippen LogP contribution in [0.25, 0.3) is 0 Å². The fraction of sp³-hybridized carbons (Fsp3) is 0.647. The first-order valence-electron chi connectivity index (χ1n) is 7.69. The van der Waals surface area contributed by atoms with E-state index in [9.17, 15) is 0 Å². The first kappa shape index (κ1) is 15.5. The van der Waals surface area contributed by atoms with Crippen molar-refractivity contribution in [1.82, 2.24) is 10.2 Å². The molecule has 0 saturated carbocycles. The molecule has 1 aromatic carbocycles. The van der Waals surface area contributed by atoms with E-state index in [-0.39, 0.29) is 0 Å². The van der Waals surface area contributed by atoms with Crippen LogP contribution in [0, 0.1) is 13.8 Å². The Morgan fingerprint density at radius 1 is 1.10 bits per heavy atom. The summed E-state index contributed by atoms with van der Waals surface area (Å²) < 4.78 is 5.40. The average Bonchev–Trinajstić information content (AvgIpc) is 2.38. The van der Waals surface area contributed by atoms with Gasteiger partial charge in [-0.05, 0) is 33.3 Å². The number of aryl methyl sites for hydroxylation is 2. The Morgan fingerprint density at radius 2 is 1.70 bits per heavy atom. The minimum atomic E-state index is 0.393. The molecule has 1 aliphatic heterocycles. The minimum Gasteiger partial charge on any atom is -0.379 e. The summed E-state index contributed by atoms with van der Waals surface area (Å²) in [4.78, 5) is 2.48. The Labute approximate surface area is 123 Å². The highest BCUT2D eigenvalue weighted by atomic mass is 16.5. The van der Waals surface area contributed by atoms with Crippen molar-refractivity contribution in [3.05, 3.63) is 34.9 Å². The minimum absolute atomic E-state index is 0.393. The SMILES string of the molecule is Cc1cc(C)cc(C(C)NC(C)CN2CCOCC2)c1. The first-order valence-corrected chi connectivity index (χ1v) is 7.69. The molecule has 2 atom stereocenters. The third-order valence-corrected chi connectivity index (χ3v) is 3.91. The van der Waals surface area contributed by atoms with E-state index in [2.05, 4.69) is 56.1 Å². The summed E-state index contributed by atoms with van der Waals surface area (Å²) in [7, 11) is 0. The number of nitrogens with one attached hydrogen (secondary N) is 1. The van der Waals surface area contributed by atoms with E-state index in [0.29, 0.717) is 12.1 Å². The smallest absolute Gasteiger partial charge is 0.0594 e. The molecule has 0 spiro atoms. The molecule has 0 aliphatic carbocycles. The van der Waals surface area contributed by atoms with Crippen molar-refractivity contribution in [2.45, 2.75) is 39.8 Å². The number of hydrogen-bond donors (Lipinski definition) is 1. The highest BCUT2D eigenvalue weighted by Crippen LogP contribution is 2.17. The molecule has 1 N–H and O–H groups in total. The number of hydrogen-bond acceptors (Lipinski definition) is 3. The molecule has 1 aliphatic rings. The zero-order valence-electron chi connectivity index (χ0n) is 13.3. The van der Waals surface area contributed by atoms with E-state index in [1.807, 2.05) is 0 Å². The van der Waals surface area contributed by atoms with Gasteiger partial charge in [0.15, 0.2) is 0 Å². The molecule has 1 fully saturated rings. The maximum Gasteiger partial charge on any atom is 0.0594 e. The van der Waals surface area contributed by atoms with Crippen molar-refractivity contribution in [2.75, 3.05) is 32.8 Å². The van der Waals surface area contributed by atoms with Gasteiger partial charge in [0.25, 0.3) is 0 Å². The molecule has 1 saturated heterocycles. The molecule has 3 heteroatoms. The monoisotopic (exact) mass is 276 g/mol. The number of rotatable bonds is 5. The van der Waals surface area contributed by atoms with Gasteiger partial charge >= 0.3 is 0 Å². The maximum atomic E-state index is 5.40. The normalized spacial score (nSPS) is 19.8. The van der Waals surface area contributed by atoms with E-state index in [0.717, 1.165) is 32.8 Å². The van der Waals surface area contributed by atoms with Gasteiger partial charge in [-0.1, -0.05) is 29.3 Å². The summed E-state index contributed by atoms with van der Waals surface area (Å²) in [6.07, 6.45) is 0. The fourth-order valence-corrected chi connectivity index (χ4v) is 3.01. The van der Waals surface area contributed by atoms with Gasteiger partial charge in [-0.3, -0.25) is 4.90 Å². The van der Waals surface area contributed by atoms with Crippen molar-refractivity contribution in [3.8, 4) is 0 Å². The van der Waals surface area contributed by atoms with Gasteiger partial charge in [0.2, 0.25) is 0 Å². The first-order chi connectivity index (χ1) is 9.54. The van der Waals surface area contributed by atoms with Crippen LogP contribution in [-0.4, -0.2) is 43.8 Å². The van der Waals surface area contributed by atoms with Crippen LogP contribution in [0.2, 0.25) is 0 Å². The summed E-state index contributed by atoms with van der Waals surface area (Å²) >= 11 is 0. The lowest BCUT2D eigenvalue weighted by molar-refractivity contribution is 0.0339. The molecule has 0 radical (unpaired) electrons. The van der Waals surface area contributed by atoms with Crippen LogP contribution in [-0.2, 0) is 4.74 Å². The van der Waals surface area contributed by atoms with Gasteiger partial charge in [0.1, 0.15) is 0 Å². The Bertz CT molecular complexity index is 407. The Kier molecular flexibility index (Phi) is 5.58. The Balaban J connectivity index is 1.87. The quantitative estimate of drug-likeness (QED) is 0.895. The molecule has 1 aromatic rings. The van der Waals surface area contributed by atoms with Gasteiger partial charge in [0, 0.05) is 31.7 Å². The molecular formula is C17H28N2O. The summed E-state index contributed by atoms with van der Waals surface area (Å²) in [6, 6.07) is 7.68.